The fraction of sp³-hybridized carbons (Fsp3) is 0.417. The molecule has 158 valence electrons. The van der Waals surface area contributed by atoms with Gasteiger partial charge in [-0.2, -0.15) is 0 Å². The quantitative estimate of drug-likeness (QED) is 0.705. The van der Waals surface area contributed by atoms with E-state index in [1.807, 2.05) is 64.4 Å². The number of hydrogen-bond donors (Lipinski definition) is 0. The van der Waals surface area contributed by atoms with E-state index in [4.69, 9.17) is 9.47 Å². The Labute approximate surface area is 177 Å². The topological polar surface area (TPSA) is 59.1 Å². The van der Waals surface area contributed by atoms with Crippen molar-refractivity contribution in [3.05, 3.63) is 54.6 Å². The molecular formula is C24H28N2O4. The summed E-state index contributed by atoms with van der Waals surface area (Å²) >= 11 is 0. The molecule has 0 bridgehead atoms. The zero-order valence-electron chi connectivity index (χ0n) is 17.3. The molecule has 1 aliphatic heterocycles. The van der Waals surface area contributed by atoms with E-state index >= 15 is 0 Å². The van der Waals surface area contributed by atoms with Gasteiger partial charge in [0, 0.05) is 11.7 Å². The molecule has 1 fully saturated rings. The van der Waals surface area contributed by atoms with Crippen molar-refractivity contribution >= 4 is 23.3 Å². The standard InChI is InChI=1S/C24H28N2O4/c1-29-24(28)22-16-25(20-14-8-9-15-21(20)30-22)17-23(27)26(18-10-4-2-5-11-18)19-12-6-3-7-13-19/h2,4-5,8-11,14-15,19,22H,3,6-7,12-13,16-17H2,1H3/t22-/m1/s1. The van der Waals surface area contributed by atoms with Gasteiger partial charge < -0.3 is 19.3 Å². The van der Waals surface area contributed by atoms with Gasteiger partial charge in [0.25, 0.3) is 0 Å². The molecule has 0 unspecified atom stereocenters. The van der Waals surface area contributed by atoms with Crippen LogP contribution in [0.25, 0.3) is 0 Å². The molecular weight excluding hydrogens is 380 g/mol. The number of benzene rings is 2. The Morgan fingerprint density at radius 3 is 2.47 bits per heavy atom. The summed E-state index contributed by atoms with van der Waals surface area (Å²) < 4.78 is 10.7. The van der Waals surface area contributed by atoms with Crippen LogP contribution in [0.15, 0.2) is 54.6 Å². The zero-order chi connectivity index (χ0) is 20.9. The molecule has 4 rings (SSSR count). The van der Waals surface area contributed by atoms with Crippen molar-refractivity contribution in [2.24, 2.45) is 0 Å². The van der Waals surface area contributed by atoms with E-state index in [0.29, 0.717) is 5.75 Å². The number of ether oxygens (including phenoxy) is 2. The Hall–Kier alpha value is -3.02. The number of fused-ring (bicyclic) bond motifs is 1. The second-order valence-electron chi connectivity index (χ2n) is 7.87. The highest BCUT2D eigenvalue weighted by Gasteiger charge is 2.34. The third-order valence-corrected chi connectivity index (χ3v) is 5.89. The number of anilines is 2. The van der Waals surface area contributed by atoms with E-state index in [-0.39, 0.29) is 25.0 Å². The van der Waals surface area contributed by atoms with Crippen molar-refractivity contribution in [2.45, 2.75) is 44.2 Å². The fourth-order valence-corrected chi connectivity index (χ4v) is 4.44. The Morgan fingerprint density at radius 1 is 1.03 bits per heavy atom. The maximum Gasteiger partial charge on any atom is 0.348 e. The number of amides is 1. The maximum absolute atomic E-state index is 13.6. The number of esters is 1. The van der Waals surface area contributed by atoms with Crippen molar-refractivity contribution in [2.75, 3.05) is 30.0 Å². The normalized spacial score (nSPS) is 18.8. The minimum Gasteiger partial charge on any atom is -0.475 e. The highest BCUT2D eigenvalue weighted by atomic mass is 16.6. The summed E-state index contributed by atoms with van der Waals surface area (Å²) in [5.41, 5.74) is 1.75. The lowest BCUT2D eigenvalue weighted by molar-refractivity contribution is -0.148. The number of nitrogens with zero attached hydrogens (tertiary/aromatic N) is 2. The highest BCUT2D eigenvalue weighted by Crippen LogP contribution is 2.34. The van der Waals surface area contributed by atoms with E-state index in [0.717, 1.165) is 37.1 Å². The van der Waals surface area contributed by atoms with Crippen LogP contribution < -0.4 is 14.5 Å². The predicted molar refractivity (Wildman–Crippen MR) is 116 cm³/mol. The summed E-state index contributed by atoms with van der Waals surface area (Å²) in [7, 11) is 1.35. The van der Waals surface area contributed by atoms with Gasteiger partial charge in [-0.1, -0.05) is 49.6 Å². The van der Waals surface area contributed by atoms with Gasteiger partial charge in [0.15, 0.2) is 0 Å². The average Bonchev–Trinajstić information content (AvgIpc) is 2.80. The summed E-state index contributed by atoms with van der Waals surface area (Å²) in [6, 6.07) is 17.6. The van der Waals surface area contributed by atoms with Crippen LogP contribution in [0.2, 0.25) is 0 Å². The molecule has 1 amide bonds. The lowest BCUT2D eigenvalue weighted by atomic mass is 9.93. The third kappa shape index (κ3) is 4.27. The molecule has 1 saturated carbocycles. The molecule has 30 heavy (non-hydrogen) atoms. The predicted octanol–water partition coefficient (Wildman–Crippen LogP) is 3.79. The third-order valence-electron chi connectivity index (χ3n) is 5.89. The van der Waals surface area contributed by atoms with Gasteiger partial charge >= 0.3 is 5.97 Å². The number of carbonyl (C=O) groups excluding carboxylic acids is 2. The molecule has 2 aromatic carbocycles. The summed E-state index contributed by atoms with van der Waals surface area (Å²) in [6.45, 7) is 0.460. The van der Waals surface area contributed by atoms with E-state index in [1.54, 1.807) is 0 Å². The fourth-order valence-electron chi connectivity index (χ4n) is 4.44. The van der Waals surface area contributed by atoms with Crippen LogP contribution in [0.3, 0.4) is 0 Å². The average molecular weight is 408 g/mol. The van der Waals surface area contributed by atoms with Gasteiger partial charge in [-0.3, -0.25) is 4.79 Å². The summed E-state index contributed by atoms with van der Waals surface area (Å²) in [5, 5.41) is 0. The number of methoxy groups -OCH3 is 1. The molecule has 1 aliphatic carbocycles. The van der Waals surface area contributed by atoms with E-state index in [9.17, 15) is 9.59 Å². The molecule has 0 N–H and O–H groups in total. The minimum absolute atomic E-state index is 0.0356. The van der Waals surface area contributed by atoms with Crippen molar-refractivity contribution in [1.29, 1.82) is 0 Å². The van der Waals surface area contributed by atoms with Crippen molar-refractivity contribution < 1.29 is 19.1 Å². The Balaban J connectivity index is 1.60. The number of hydrogen-bond acceptors (Lipinski definition) is 5. The van der Waals surface area contributed by atoms with Crippen molar-refractivity contribution in [1.82, 2.24) is 0 Å². The van der Waals surface area contributed by atoms with Crippen LogP contribution in [-0.4, -0.2) is 44.2 Å². The van der Waals surface area contributed by atoms with E-state index in [1.165, 1.54) is 13.5 Å². The number of rotatable bonds is 5. The van der Waals surface area contributed by atoms with Crippen molar-refractivity contribution in [3.8, 4) is 5.75 Å². The Kier molecular flexibility index (Phi) is 6.21. The molecule has 0 aromatic heterocycles. The summed E-state index contributed by atoms with van der Waals surface area (Å²) in [5.74, 6) is 0.193. The minimum atomic E-state index is -0.752. The smallest absolute Gasteiger partial charge is 0.348 e. The highest BCUT2D eigenvalue weighted by molar-refractivity contribution is 5.97. The maximum atomic E-state index is 13.6. The lowest BCUT2D eigenvalue weighted by Crippen LogP contribution is -2.51. The first kappa shape index (κ1) is 20.3. The van der Waals surface area contributed by atoms with Crippen LogP contribution in [0, 0.1) is 0 Å². The van der Waals surface area contributed by atoms with Gasteiger partial charge in [0.1, 0.15) is 5.75 Å². The lowest BCUT2D eigenvalue weighted by Gasteiger charge is -2.38. The summed E-state index contributed by atoms with van der Waals surface area (Å²) in [6.07, 6.45) is 4.80. The monoisotopic (exact) mass is 408 g/mol. The van der Waals surface area contributed by atoms with Gasteiger partial charge in [-0.15, -0.1) is 0 Å². The van der Waals surface area contributed by atoms with Gasteiger partial charge in [0.2, 0.25) is 12.0 Å². The number of carbonyl (C=O) groups is 2. The first-order valence-electron chi connectivity index (χ1n) is 10.6. The van der Waals surface area contributed by atoms with Crippen molar-refractivity contribution in [3.63, 3.8) is 0 Å². The van der Waals surface area contributed by atoms with E-state index in [2.05, 4.69) is 0 Å². The summed E-state index contributed by atoms with van der Waals surface area (Å²) in [4.78, 5) is 29.6. The zero-order valence-corrected chi connectivity index (χ0v) is 17.3. The molecule has 6 heteroatoms. The van der Waals surface area contributed by atoms with Gasteiger partial charge in [-0.05, 0) is 37.1 Å². The molecule has 2 aliphatic rings. The van der Waals surface area contributed by atoms with Crippen LogP contribution >= 0.6 is 0 Å². The first-order valence-corrected chi connectivity index (χ1v) is 10.6. The molecule has 6 nitrogen and oxygen atoms in total. The van der Waals surface area contributed by atoms with Crippen LogP contribution in [0.5, 0.6) is 5.75 Å². The largest absolute Gasteiger partial charge is 0.475 e. The van der Waals surface area contributed by atoms with Gasteiger partial charge in [0.05, 0.1) is 25.9 Å². The second-order valence-corrected chi connectivity index (χ2v) is 7.87. The van der Waals surface area contributed by atoms with Crippen LogP contribution in [-0.2, 0) is 14.3 Å². The second kappa shape index (κ2) is 9.20. The molecule has 0 radical (unpaired) electrons. The molecule has 1 atom stereocenters. The van der Waals surface area contributed by atoms with Gasteiger partial charge in [-0.25, -0.2) is 4.79 Å². The molecule has 0 saturated heterocycles. The Bertz CT molecular complexity index is 880. The first-order chi connectivity index (χ1) is 14.7. The molecule has 2 aromatic rings. The molecule has 1 heterocycles. The van der Waals surface area contributed by atoms with E-state index < -0.39 is 12.1 Å². The number of para-hydroxylation sites is 3. The van der Waals surface area contributed by atoms with Crippen LogP contribution in [0.4, 0.5) is 11.4 Å². The SMILES string of the molecule is COC(=O)[C@H]1CN(CC(=O)N(c2ccccc2)C2CCCCC2)c2ccccc2O1. The Morgan fingerprint density at radius 2 is 1.73 bits per heavy atom. The molecule has 0 spiro atoms. The van der Waals surface area contributed by atoms with Crippen LogP contribution in [0.1, 0.15) is 32.1 Å².